The number of aliphatic carboxylic acids is 3. The van der Waals surface area contributed by atoms with E-state index in [9.17, 15) is 97.8 Å². The number of fused-ring (bicyclic) bond motifs is 6. The number of thiocarbonyl (C=S) groups is 1. The van der Waals surface area contributed by atoms with Crippen LogP contribution in [0.3, 0.4) is 0 Å². The molecule has 11 atom stereocenters. The van der Waals surface area contributed by atoms with E-state index >= 15 is 0 Å². The van der Waals surface area contributed by atoms with Crippen molar-refractivity contribution in [2.24, 2.45) is 10.9 Å². The molecule has 6 aliphatic rings. The smallest absolute Gasteiger partial charge is 0.340 e. The molecule has 1 aromatic heterocycles. The Bertz CT molecular complexity index is 4280. The van der Waals surface area contributed by atoms with Crippen molar-refractivity contribution in [3.8, 4) is 23.0 Å². The molecule has 15 N–H and O–H groups in total. The first-order valence-electron chi connectivity index (χ1n) is 36.8. The van der Waals surface area contributed by atoms with Gasteiger partial charge < -0.3 is 112 Å². The number of aliphatic hydroxyl groups excluding tert-OH is 1. The molecule has 1 unspecified atom stereocenters. The summed E-state index contributed by atoms with van der Waals surface area (Å²) in [6, 6.07) is 2.13. The van der Waals surface area contributed by atoms with E-state index in [1.807, 2.05) is 0 Å². The van der Waals surface area contributed by atoms with Gasteiger partial charge in [0.1, 0.15) is 71.3 Å². The predicted octanol–water partition coefficient (Wildman–Crippen LogP) is 1.00. The van der Waals surface area contributed by atoms with Gasteiger partial charge in [-0.2, -0.15) is 0 Å². The molecule has 4 saturated heterocycles. The Morgan fingerprint density at radius 1 is 0.634 bits per heavy atom. The zero-order chi connectivity index (χ0) is 80.8. The average molecular weight is 1580 g/mol. The molecule has 10 rings (SSSR count). The molecule has 0 aliphatic carbocycles. The summed E-state index contributed by atoms with van der Waals surface area (Å²) >= 11 is 5.63. The van der Waals surface area contributed by atoms with Crippen molar-refractivity contribution in [1.82, 2.24) is 51.5 Å². The number of phenolic OH excluding ortho intramolecular Hbond substituents is 2. The molecule has 1 spiro atoms. The number of ether oxygens (including phenoxy) is 2. The van der Waals surface area contributed by atoms with Gasteiger partial charge in [-0.3, -0.25) is 62.3 Å². The fraction of sp³-hybridized carbons (Fsp3) is 0.486. The summed E-state index contributed by atoms with van der Waals surface area (Å²) in [6.45, 7) is 2.75. The number of esters is 1. The van der Waals surface area contributed by atoms with Crippen molar-refractivity contribution in [3.63, 3.8) is 0 Å². The first-order chi connectivity index (χ1) is 53.4. The first-order valence-corrected chi connectivity index (χ1v) is 37.2. The highest BCUT2D eigenvalue weighted by Crippen LogP contribution is 2.57. The predicted molar refractivity (Wildman–Crippen MR) is 393 cm³/mol. The second kappa shape index (κ2) is 36.7. The van der Waals surface area contributed by atoms with Crippen LogP contribution < -0.4 is 47.7 Å². The summed E-state index contributed by atoms with van der Waals surface area (Å²) < 4.78 is 17.3. The zero-order valence-electron chi connectivity index (χ0n) is 61.2. The van der Waals surface area contributed by atoms with Crippen molar-refractivity contribution >= 4 is 112 Å². The maximum atomic E-state index is 14.9. The molecular formula is C74H89N13O24S. The number of rotatable bonds is 33. The van der Waals surface area contributed by atoms with Crippen LogP contribution in [-0.4, -0.2) is 244 Å². The summed E-state index contributed by atoms with van der Waals surface area (Å²) in [6.07, 6.45) is 0.360. The molecular weight excluding hydrogens is 1490 g/mol. The van der Waals surface area contributed by atoms with E-state index in [-0.39, 0.29) is 104 Å². The van der Waals surface area contributed by atoms with Gasteiger partial charge in [-0.05, 0) is 152 Å². The van der Waals surface area contributed by atoms with Crippen LogP contribution in [0.1, 0.15) is 156 Å². The monoisotopic (exact) mass is 1580 g/mol. The summed E-state index contributed by atoms with van der Waals surface area (Å²) in [4.78, 5) is 200. The molecule has 38 heteroatoms. The van der Waals surface area contributed by atoms with Crippen LogP contribution in [-0.2, 0) is 77.5 Å². The Morgan fingerprint density at radius 3 is 1.87 bits per heavy atom. The van der Waals surface area contributed by atoms with Gasteiger partial charge in [0.15, 0.2) is 22.9 Å². The largest absolute Gasteiger partial charge is 0.508 e. The number of unbranched alkanes of at least 4 members (excludes halogenated alkanes) is 1. The minimum absolute atomic E-state index is 0.0217. The van der Waals surface area contributed by atoms with Gasteiger partial charge in [0.05, 0.1) is 30.4 Å². The van der Waals surface area contributed by atoms with Crippen LogP contribution in [0.2, 0.25) is 0 Å². The van der Waals surface area contributed by atoms with Crippen LogP contribution in [0.4, 0.5) is 5.69 Å². The minimum Gasteiger partial charge on any atom is -0.508 e. The van der Waals surface area contributed by atoms with Gasteiger partial charge >= 0.3 is 23.9 Å². The number of likely N-dealkylation sites (tertiary alicyclic amines) is 4. The molecule has 0 saturated carbocycles. The normalized spacial score (nSPS) is 20.2. The second-order valence-electron chi connectivity index (χ2n) is 28.2. The van der Waals surface area contributed by atoms with Crippen LogP contribution in [0, 0.1) is 0 Å². The number of oxime groups is 1. The Hall–Kier alpha value is -12.0. The number of carbonyl (C=O) groups excluding carboxylic acids is 11. The van der Waals surface area contributed by atoms with E-state index < -0.39 is 188 Å². The van der Waals surface area contributed by atoms with Gasteiger partial charge in [-0.1, -0.05) is 5.16 Å². The zero-order valence-corrected chi connectivity index (χ0v) is 62.0. The minimum atomic E-state index is -1.77. The van der Waals surface area contributed by atoms with E-state index in [1.54, 1.807) is 36.4 Å². The highest BCUT2D eigenvalue weighted by atomic mass is 32.1. The maximum absolute atomic E-state index is 14.9. The van der Waals surface area contributed by atoms with Crippen LogP contribution in [0.5, 0.6) is 23.0 Å². The Labute approximate surface area is 645 Å². The van der Waals surface area contributed by atoms with Gasteiger partial charge in [0.2, 0.25) is 59.1 Å². The number of hydrogen-bond acceptors (Lipinski definition) is 23. The van der Waals surface area contributed by atoms with Crippen LogP contribution in [0.15, 0.2) is 82.8 Å². The second-order valence-corrected chi connectivity index (χ2v) is 28.6. The van der Waals surface area contributed by atoms with Crippen molar-refractivity contribution in [3.05, 3.63) is 101 Å². The molecule has 10 amide bonds. The third kappa shape index (κ3) is 19.4. The van der Waals surface area contributed by atoms with Gasteiger partial charge in [0, 0.05) is 105 Å². The number of hydrogen-bond donors (Lipinski definition) is 14. The lowest BCUT2D eigenvalue weighted by atomic mass is 9.77. The number of anilines is 1. The number of carboxylic acids is 3. The number of primary amides is 1. The van der Waals surface area contributed by atoms with E-state index in [4.69, 9.17) is 36.7 Å². The standard InChI is InChI=1S/C74H89N13O24S/c1-38(69(104)86-28-6-4-9-53(86)71(106)87-31-25-54(111-77-36-40-26-32-108-37-40)62(87)68(103)81-49(20-23-59(94)95)64(99)80-48(63(75)98)19-22-58(92)93)78-67(102)61(39(2)88)83-66(101)52-11-8-30-85(52)70(105)50(21-24-60(96)97)82-65(100)51-10-7-29-84(51)57(91)12-3-5-27-76-73(112)79-41-13-16-44-47(33-41)74(110-72(44)107)45-17-14-42(89)34-55(45)109-56-35-43(90)15-18-46(56)74/h13-18,26,32-39,48-54,61-62,88-90H,3-12,19-25,27-31H2,1-2H3,(H2,75,98)(H,78,102)(H,80,99)(H,81,103)(H,82,100)(H,83,101)(H,92,93)(H,94,95)(H,96,97)(H2,76,79,112)/b77-36-/t38-,39+,48-,49-,50-,51-,52-,53?,54-,61-,62-/m0/s1. The van der Waals surface area contributed by atoms with Crippen LogP contribution >= 0.6 is 12.2 Å². The number of furan rings is 1. The highest BCUT2D eigenvalue weighted by molar-refractivity contribution is 7.80. The Morgan fingerprint density at radius 2 is 1.23 bits per heavy atom. The van der Waals surface area contributed by atoms with Crippen LogP contribution in [0.25, 0.3) is 0 Å². The van der Waals surface area contributed by atoms with E-state index in [2.05, 4.69) is 42.4 Å². The van der Waals surface area contributed by atoms with Crippen molar-refractivity contribution in [2.45, 2.75) is 195 Å². The van der Waals surface area contributed by atoms with Gasteiger partial charge in [0.25, 0.3) is 0 Å². The number of carbonyl (C=O) groups is 14. The lowest BCUT2D eigenvalue weighted by Crippen LogP contribution is -2.62. The number of benzene rings is 3. The number of amides is 10. The quantitative estimate of drug-likeness (QED) is 0.0104. The summed E-state index contributed by atoms with van der Waals surface area (Å²) in [5.74, 6) is -13.1. The number of aromatic hydroxyl groups is 2. The van der Waals surface area contributed by atoms with E-state index in [0.29, 0.717) is 66.6 Å². The molecule has 112 heavy (non-hydrogen) atoms. The number of carboxylic acid groups (broad SMARTS) is 3. The van der Waals surface area contributed by atoms with E-state index in [1.165, 1.54) is 66.7 Å². The molecule has 4 aromatic rings. The maximum Gasteiger partial charge on any atom is 0.340 e. The lowest BCUT2D eigenvalue weighted by Gasteiger charge is -2.39. The fourth-order valence-corrected chi connectivity index (χ4v) is 15.0. The molecule has 7 heterocycles. The Balaban J connectivity index is 0.728. The van der Waals surface area contributed by atoms with Gasteiger partial charge in [-0.25, -0.2) is 4.79 Å². The van der Waals surface area contributed by atoms with Gasteiger partial charge in [-0.15, -0.1) is 0 Å². The topological polar surface area (TPSA) is 537 Å². The SMILES string of the molecule is C[C@H](NC(=O)[C@@H](NC(=O)[C@@H]1CCCN1C(=O)[C@H](CCC(=O)O)NC(=O)[C@@H]1CCCN1C(=O)CCCCNC(=S)Nc1ccc2c(c1)C1(OC2=O)c2ccc(O)cc2Oc2cc(O)ccc21)[C@@H](C)O)C(=O)N1CCCCC1C(=O)N1CC[C@H](O/N=C\c2ccoc2)[C@H]1C(=O)N[C@@H](CCC(=O)O)C(=O)N[C@@H](CCC(=O)O)C(N)=O. The molecule has 6 aliphatic heterocycles. The molecule has 0 bridgehead atoms. The number of nitrogens with two attached hydrogens (primary N) is 1. The number of nitrogens with zero attached hydrogens (tertiary/aromatic N) is 5. The van der Waals surface area contributed by atoms with Crippen molar-refractivity contribution < 1.29 is 116 Å². The molecule has 600 valence electrons. The third-order valence-electron chi connectivity index (χ3n) is 20.4. The van der Waals surface area contributed by atoms with E-state index in [0.717, 1.165) is 9.80 Å². The number of phenols is 2. The first kappa shape index (κ1) is 82.5. The summed E-state index contributed by atoms with van der Waals surface area (Å²) in [5.41, 5.74) is 6.46. The highest BCUT2D eigenvalue weighted by Gasteiger charge is 2.55. The summed E-state index contributed by atoms with van der Waals surface area (Å²) in [7, 11) is 0. The number of piperidine rings is 1. The third-order valence-corrected chi connectivity index (χ3v) is 20.6. The average Bonchev–Trinajstić information content (AvgIpc) is 1.46. The number of aliphatic hydroxyl groups is 1. The molecule has 4 fully saturated rings. The lowest BCUT2D eigenvalue weighted by molar-refractivity contribution is -0.153. The molecule has 37 nitrogen and oxygen atoms in total. The summed E-state index contributed by atoms with van der Waals surface area (Å²) in [5, 5.41) is 83.0. The number of nitrogens with one attached hydrogen (secondary N) is 7. The van der Waals surface area contributed by atoms with Crippen molar-refractivity contribution in [2.75, 3.05) is 38.0 Å². The van der Waals surface area contributed by atoms with Crippen molar-refractivity contribution in [1.29, 1.82) is 0 Å². The fourth-order valence-electron chi connectivity index (χ4n) is 14.8. The molecule has 3 aromatic carbocycles. The Kier molecular flexibility index (Phi) is 27.0. The molecule has 0 radical (unpaired) electrons.